The first-order valence-corrected chi connectivity index (χ1v) is 8.88. The number of carbonyl (C=O) groups excluding carboxylic acids is 2. The first-order chi connectivity index (χ1) is 11.6. The monoisotopic (exact) mass is 331 g/mol. The molecule has 1 atom stereocenters. The van der Waals surface area contributed by atoms with Gasteiger partial charge in [-0.2, -0.15) is 0 Å². The van der Waals surface area contributed by atoms with Gasteiger partial charge in [0.05, 0.1) is 0 Å². The van der Waals surface area contributed by atoms with Crippen molar-refractivity contribution in [2.24, 2.45) is 11.8 Å². The van der Waals surface area contributed by atoms with Gasteiger partial charge in [-0.15, -0.1) is 0 Å². The molecule has 5 nitrogen and oxygen atoms in total. The predicted molar refractivity (Wildman–Crippen MR) is 95.9 cm³/mol. The molecule has 24 heavy (non-hydrogen) atoms. The van der Waals surface area contributed by atoms with Crippen LogP contribution in [-0.4, -0.2) is 38.5 Å². The molecule has 1 heterocycles. The zero-order valence-corrected chi connectivity index (χ0v) is 14.7. The average Bonchev–Trinajstić information content (AvgIpc) is 2.62. The van der Waals surface area contributed by atoms with Crippen LogP contribution in [0.15, 0.2) is 24.3 Å². The van der Waals surface area contributed by atoms with Gasteiger partial charge in [0.2, 0.25) is 5.91 Å². The number of nitrogens with one attached hydrogen (secondary N) is 3. The fraction of sp³-hybridized carbons (Fsp3) is 0.579. The second kappa shape index (κ2) is 9.42. The molecule has 0 aromatic heterocycles. The van der Waals surface area contributed by atoms with Gasteiger partial charge >= 0.3 is 0 Å². The molecule has 0 aliphatic carbocycles. The van der Waals surface area contributed by atoms with Gasteiger partial charge in [0.1, 0.15) is 0 Å². The van der Waals surface area contributed by atoms with E-state index in [1.807, 2.05) is 18.2 Å². The quantitative estimate of drug-likeness (QED) is 0.713. The van der Waals surface area contributed by atoms with Gasteiger partial charge < -0.3 is 16.0 Å². The first kappa shape index (κ1) is 18.5. The van der Waals surface area contributed by atoms with Crippen LogP contribution in [0.1, 0.15) is 42.1 Å². The Hall–Kier alpha value is -1.88. The highest BCUT2D eigenvalue weighted by atomic mass is 16.2. The molecule has 1 aromatic rings. The molecule has 1 saturated heterocycles. The van der Waals surface area contributed by atoms with E-state index in [1.54, 1.807) is 13.1 Å². The Morgan fingerprint density at radius 3 is 2.75 bits per heavy atom. The van der Waals surface area contributed by atoms with Crippen molar-refractivity contribution in [2.75, 3.05) is 26.7 Å². The maximum Gasteiger partial charge on any atom is 0.251 e. The van der Waals surface area contributed by atoms with E-state index in [-0.39, 0.29) is 11.8 Å². The molecule has 1 aliphatic heterocycles. The van der Waals surface area contributed by atoms with Crippen molar-refractivity contribution in [1.82, 2.24) is 16.0 Å². The summed E-state index contributed by atoms with van der Waals surface area (Å²) in [6, 6.07) is 7.53. The summed E-state index contributed by atoms with van der Waals surface area (Å²) in [5.74, 6) is 1.13. The number of benzene rings is 1. The normalized spacial score (nSPS) is 16.4. The molecule has 0 bridgehead atoms. The third-order valence-corrected chi connectivity index (χ3v) is 4.85. The van der Waals surface area contributed by atoms with Crippen molar-refractivity contribution in [3.8, 4) is 0 Å². The summed E-state index contributed by atoms with van der Waals surface area (Å²) in [7, 11) is 1.62. The maximum atomic E-state index is 12.1. The summed E-state index contributed by atoms with van der Waals surface area (Å²) in [4.78, 5) is 23.8. The van der Waals surface area contributed by atoms with Crippen molar-refractivity contribution >= 4 is 11.8 Å². The van der Waals surface area contributed by atoms with E-state index in [2.05, 4.69) is 22.9 Å². The zero-order chi connectivity index (χ0) is 17.4. The van der Waals surface area contributed by atoms with E-state index in [1.165, 1.54) is 12.8 Å². The lowest BCUT2D eigenvalue weighted by atomic mass is 9.84. The van der Waals surface area contributed by atoms with Crippen LogP contribution in [0.2, 0.25) is 0 Å². The number of hydrogen-bond acceptors (Lipinski definition) is 3. The minimum Gasteiger partial charge on any atom is -0.356 e. The van der Waals surface area contributed by atoms with Gasteiger partial charge in [-0.25, -0.2) is 0 Å². The van der Waals surface area contributed by atoms with Crippen LogP contribution in [0.3, 0.4) is 0 Å². The highest BCUT2D eigenvalue weighted by Gasteiger charge is 2.21. The Morgan fingerprint density at radius 1 is 1.29 bits per heavy atom. The molecule has 3 N–H and O–H groups in total. The lowest BCUT2D eigenvalue weighted by Crippen LogP contribution is -2.34. The van der Waals surface area contributed by atoms with Crippen LogP contribution in [0.5, 0.6) is 0 Å². The number of amides is 2. The van der Waals surface area contributed by atoms with Gasteiger partial charge in [0.25, 0.3) is 5.91 Å². The van der Waals surface area contributed by atoms with Gasteiger partial charge in [-0.05, 0) is 61.9 Å². The Labute approximate surface area is 144 Å². The van der Waals surface area contributed by atoms with E-state index in [9.17, 15) is 9.59 Å². The van der Waals surface area contributed by atoms with Gasteiger partial charge in [-0.3, -0.25) is 9.59 Å². The van der Waals surface area contributed by atoms with Gasteiger partial charge in [0, 0.05) is 25.6 Å². The molecule has 5 heteroatoms. The van der Waals surface area contributed by atoms with E-state index in [0.717, 1.165) is 25.1 Å². The molecule has 1 fully saturated rings. The van der Waals surface area contributed by atoms with Crippen molar-refractivity contribution < 1.29 is 9.59 Å². The number of carbonyl (C=O) groups is 2. The predicted octanol–water partition coefficient (Wildman–Crippen LogP) is 1.73. The summed E-state index contributed by atoms with van der Waals surface area (Å²) in [6.45, 7) is 4.92. The molecule has 1 unspecified atom stereocenters. The molecule has 0 spiro atoms. The van der Waals surface area contributed by atoms with Crippen LogP contribution in [0.25, 0.3) is 0 Å². The smallest absolute Gasteiger partial charge is 0.251 e. The highest BCUT2D eigenvalue weighted by Crippen LogP contribution is 2.24. The maximum absolute atomic E-state index is 12.1. The van der Waals surface area contributed by atoms with Crippen molar-refractivity contribution in [2.45, 2.75) is 32.6 Å². The molecular weight excluding hydrogens is 302 g/mol. The van der Waals surface area contributed by atoms with Crippen LogP contribution >= 0.6 is 0 Å². The van der Waals surface area contributed by atoms with Gasteiger partial charge in [-0.1, -0.05) is 19.1 Å². The minimum atomic E-state index is -0.0864. The third kappa shape index (κ3) is 5.64. The van der Waals surface area contributed by atoms with E-state index < -0.39 is 0 Å². The number of rotatable bonds is 7. The van der Waals surface area contributed by atoms with Crippen molar-refractivity contribution in [3.05, 3.63) is 35.4 Å². The summed E-state index contributed by atoms with van der Waals surface area (Å²) in [5, 5.41) is 8.99. The molecule has 2 amide bonds. The lowest BCUT2D eigenvalue weighted by Gasteiger charge is -2.27. The Morgan fingerprint density at radius 2 is 2.04 bits per heavy atom. The van der Waals surface area contributed by atoms with Crippen molar-refractivity contribution in [1.29, 1.82) is 0 Å². The number of hydrogen-bond donors (Lipinski definition) is 3. The largest absolute Gasteiger partial charge is 0.356 e. The molecule has 1 aromatic carbocycles. The molecular formula is C19H29N3O2. The molecule has 132 valence electrons. The Kier molecular flexibility index (Phi) is 7.25. The molecule has 0 saturated carbocycles. The fourth-order valence-corrected chi connectivity index (χ4v) is 3.30. The fourth-order valence-electron chi connectivity index (χ4n) is 3.30. The lowest BCUT2D eigenvalue weighted by molar-refractivity contribution is -0.122. The van der Waals surface area contributed by atoms with E-state index in [4.69, 9.17) is 0 Å². The SMILES string of the molecule is CNC(=O)c1cccc(CCNC(=O)CC(C)C2CCNCC2)c1. The molecule has 2 rings (SSSR count). The Bertz CT molecular complexity index is 553. The Balaban J connectivity index is 1.73. The van der Waals surface area contributed by atoms with Crippen LogP contribution in [0.4, 0.5) is 0 Å². The number of piperidine rings is 1. The molecule has 1 aliphatic rings. The third-order valence-electron chi connectivity index (χ3n) is 4.85. The summed E-state index contributed by atoms with van der Waals surface area (Å²) in [5.41, 5.74) is 1.71. The standard InChI is InChI=1S/C19H29N3O2/c1-14(16-7-9-21-10-8-16)12-18(23)22-11-6-15-4-3-5-17(13-15)19(24)20-2/h3-5,13-14,16,21H,6-12H2,1-2H3,(H,20,24)(H,22,23). The second-order valence-corrected chi connectivity index (χ2v) is 6.65. The van der Waals surface area contributed by atoms with Crippen molar-refractivity contribution in [3.63, 3.8) is 0 Å². The second-order valence-electron chi connectivity index (χ2n) is 6.65. The van der Waals surface area contributed by atoms with Gasteiger partial charge in [0.15, 0.2) is 0 Å². The zero-order valence-electron chi connectivity index (χ0n) is 14.7. The van der Waals surface area contributed by atoms with Crippen LogP contribution in [0, 0.1) is 11.8 Å². The molecule has 0 radical (unpaired) electrons. The summed E-state index contributed by atoms with van der Waals surface area (Å²) in [6.07, 6.45) is 3.67. The minimum absolute atomic E-state index is 0.0864. The van der Waals surface area contributed by atoms with E-state index >= 15 is 0 Å². The summed E-state index contributed by atoms with van der Waals surface area (Å²) < 4.78 is 0. The topological polar surface area (TPSA) is 70.2 Å². The highest BCUT2D eigenvalue weighted by molar-refractivity contribution is 5.94. The van der Waals surface area contributed by atoms with E-state index in [0.29, 0.717) is 30.4 Å². The first-order valence-electron chi connectivity index (χ1n) is 8.88. The summed E-state index contributed by atoms with van der Waals surface area (Å²) >= 11 is 0. The van der Waals surface area contributed by atoms with Crippen LogP contribution in [-0.2, 0) is 11.2 Å². The average molecular weight is 331 g/mol. The van der Waals surface area contributed by atoms with Crippen LogP contribution < -0.4 is 16.0 Å².